The van der Waals surface area contributed by atoms with Crippen molar-refractivity contribution in [3.8, 4) is 23.0 Å². The number of methoxy groups -OCH3 is 6. The number of rotatable bonds is 13. The summed E-state index contributed by atoms with van der Waals surface area (Å²) in [5.74, 6) is -2.54. The third-order valence-corrected chi connectivity index (χ3v) is 5.26. The Kier molecular flexibility index (Phi) is 10.5. The number of hydrogen-bond donors (Lipinski definition) is 0. The number of esters is 2. The van der Waals surface area contributed by atoms with Crippen molar-refractivity contribution in [2.75, 3.05) is 49.5 Å². The minimum atomic E-state index is -0.927. The molecule has 0 fully saturated rings. The summed E-state index contributed by atoms with van der Waals surface area (Å²) in [5.41, 5.74) is -0.277. The van der Waals surface area contributed by atoms with Crippen molar-refractivity contribution < 1.29 is 47.5 Å². The minimum Gasteiger partial charge on any atom is -0.493 e. The van der Waals surface area contributed by atoms with Crippen molar-refractivity contribution in [2.24, 2.45) is 0 Å². The first-order valence-electron chi connectivity index (χ1n) is 11.0. The van der Waals surface area contributed by atoms with Crippen molar-refractivity contribution in [2.45, 2.75) is 26.2 Å². The predicted octanol–water partition coefficient (Wildman–Crippen LogP) is 3.24. The molecule has 36 heavy (non-hydrogen) atoms. The third-order valence-electron chi connectivity index (χ3n) is 5.26. The Morgan fingerprint density at radius 1 is 0.778 bits per heavy atom. The van der Waals surface area contributed by atoms with E-state index in [1.165, 1.54) is 34.5 Å². The Labute approximate surface area is 209 Å². The first-order valence-corrected chi connectivity index (χ1v) is 11.0. The maximum atomic E-state index is 13.9. The summed E-state index contributed by atoms with van der Waals surface area (Å²) < 4.78 is 36.7. The number of aryl methyl sites for hydroxylation is 1. The van der Waals surface area contributed by atoms with Gasteiger partial charge in [0.25, 0.3) is 0 Å². The van der Waals surface area contributed by atoms with E-state index in [1.807, 2.05) is 0 Å². The summed E-state index contributed by atoms with van der Waals surface area (Å²) in [6.07, 6.45) is 2.53. The molecule has 0 radical (unpaired) electrons. The zero-order chi connectivity index (χ0) is 26.8. The lowest BCUT2D eigenvalue weighted by molar-refractivity contribution is 0.0481. The second kappa shape index (κ2) is 13.3. The van der Waals surface area contributed by atoms with Crippen LogP contribution in [0, 0.1) is 0 Å². The van der Waals surface area contributed by atoms with E-state index >= 15 is 0 Å². The lowest BCUT2D eigenvalue weighted by Crippen LogP contribution is -2.20. The second-order valence-electron chi connectivity index (χ2n) is 7.35. The van der Waals surface area contributed by atoms with E-state index in [-0.39, 0.29) is 40.9 Å². The number of hydrogen-bond acceptors (Lipinski definition) is 11. The van der Waals surface area contributed by atoms with Crippen LogP contribution >= 0.6 is 0 Å². The summed E-state index contributed by atoms with van der Waals surface area (Å²) in [4.78, 5) is 43.3. The second-order valence-corrected chi connectivity index (χ2v) is 7.35. The van der Waals surface area contributed by atoms with Gasteiger partial charge in [0.1, 0.15) is 11.3 Å². The van der Waals surface area contributed by atoms with Gasteiger partial charge in [-0.25, -0.2) is 14.6 Å². The van der Waals surface area contributed by atoms with Crippen molar-refractivity contribution in [3.05, 3.63) is 40.2 Å². The van der Waals surface area contributed by atoms with Crippen LogP contribution in [-0.4, -0.2) is 72.2 Å². The first kappa shape index (κ1) is 28.4. The number of carbonyl (C=O) groups excluding carboxylic acids is 3. The number of pyridine rings is 1. The molecule has 11 nitrogen and oxygen atoms in total. The Morgan fingerprint density at radius 3 is 1.94 bits per heavy atom. The Balaban J connectivity index is 2.90. The number of aromatic nitrogens is 1. The molecule has 0 aliphatic carbocycles. The fourth-order valence-corrected chi connectivity index (χ4v) is 3.58. The van der Waals surface area contributed by atoms with E-state index in [9.17, 15) is 14.4 Å². The van der Waals surface area contributed by atoms with Crippen LogP contribution < -0.4 is 18.9 Å². The topological polar surface area (TPSA) is 129 Å². The highest BCUT2D eigenvalue weighted by molar-refractivity contribution is 6.16. The molecule has 0 atom stereocenters. The lowest BCUT2D eigenvalue weighted by atomic mass is 9.97. The summed E-state index contributed by atoms with van der Waals surface area (Å²) in [5, 5.41) is 0. The number of nitrogens with zero attached hydrogens (tertiary/aromatic N) is 1. The average Bonchev–Trinajstić information content (AvgIpc) is 2.91. The Morgan fingerprint density at radius 2 is 1.42 bits per heavy atom. The van der Waals surface area contributed by atoms with Crippen molar-refractivity contribution >= 4 is 17.7 Å². The van der Waals surface area contributed by atoms with Gasteiger partial charge in [0, 0.05) is 7.11 Å². The Hall–Kier alpha value is -3.86. The van der Waals surface area contributed by atoms with Gasteiger partial charge in [-0.1, -0.05) is 19.4 Å². The largest absolute Gasteiger partial charge is 0.493 e. The molecule has 1 aromatic heterocycles. The van der Waals surface area contributed by atoms with E-state index in [0.29, 0.717) is 12.2 Å². The van der Waals surface area contributed by atoms with Crippen molar-refractivity contribution in [3.63, 3.8) is 0 Å². The van der Waals surface area contributed by atoms with Gasteiger partial charge in [-0.05, 0) is 24.5 Å². The van der Waals surface area contributed by atoms with E-state index < -0.39 is 23.4 Å². The monoisotopic (exact) mass is 505 g/mol. The van der Waals surface area contributed by atoms with Gasteiger partial charge >= 0.3 is 11.9 Å². The minimum absolute atomic E-state index is 0.0184. The standard InChI is InChI=1S/C25H31NO10/c1-8-9-10-14-11-12-15(21(20(14)31-3)36-13-30-2)19(27)17-16(24(28)34-6)22(32-4)23(33-5)18(26-17)25(29)35-7/h11-12H,8-10,13H2,1-7H3. The van der Waals surface area contributed by atoms with Crippen LogP contribution in [-0.2, 0) is 20.6 Å². The maximum absolute atomic E-state index is 13.9. The Bertz CT molecular complexity index is 1110. The van der Waals surface area contributed by atoms with E-state index in [2.05, 4.69) is 11.9 Å². The van der Waals surface area contributed by atoms with Gasteiger partial charge < -0.3 is 33.2 Å². The molecule has 0 amide bonds. The van der Waals surface area contributed by atoms with Crippen molar-refractivity contribution in [1.29, 1.82) is 0 Å². The van der Waals surface area contributed by atoms with Gasteiger partial charge in [-0.3, -0.25) is 4.79 Å². The van der Waals surface area contributed by atoms with Gasteiger partial charge in [0.05, 0.1) is 41.1 Å². The summed E-state index contributed by atoms with van der Waals surface area (Å²) in [6.45, 7) is 1.88. The van der Waals surface area contributed by atoms with Crippen LogP contribution in [0.25, 0.3) is 0 Å². The molecule has 11 heteroatoms. The normalized spacial score (nSPS) is 10.4. The number of ketones is 1. The zero-order valence-electron chi connectivity index (χ0n) is 21.5. The summed E-state index contributed by atoms with van der Waals surface area (Å²) in [6, 6.07) is 3.28. The molecule has 0 bridgehead atoms. The maximum Gasteiger partial charge on any atom is 0.360 e. The third kappa shape index (κ3) is 5.68. The molecule has 0 aliphatic rings. The molecular formula is C25H31NO10. The highest BCUT2D eigenvalue weighted by Crippen LogP contribution is 2.40. The van der Waals surface area contributed by atoms with E-state index in [0.717, 1.165) is 32.6 Å². The zero-order valence-corrected chi connectivity index (χ0v) is 21.5. The molecule has 0 spiro atoms. The lowest BCUT2D eigenvalue weighted by Gasteiger charge is -2.19. The smallest absolute Gasteiger partial charge is 0.360 e. The van der Waals surface area contributed by atoms with Crippen LogP contribution in [0.5, 0.6) is 23.0 Å². The van der Waals surface area contributed by atoms with E-state index in [4.69, 9.17) is 33.2 Å². The number of ether oxygens (including phenoxy) is 7. The van der Waals surface area contributed by atoms with Crippen LogP contribution in [0.4, 0.5) is 0 Å². The molecule has 0 N–H and O–H groups in total. The highest BCUT2D eigenvalue weighted by atomic mass is 16.7. The molecule has 2 rings (SSSR count). The quantitative estimate of drug-likeness (QED) is 0.226. The van der Waals surface area contributed by atoms with Crippen LogP contribution in [0.3, 0.4) is 0 Å². The van der Waals surface area contributed by atoms with Crippen molar-refractivity contribution in [1.82, 2.24) is 4.98 Å². The molecule has 0 aliphatic heterocycles. The molecule has 2 aromatic rings. The summed E-state index contributed by atoms with van der Waals surface area (Å²) in [7, 11) is 7.67. The average molecular weight is 506 g/mol. The van der Waals surface area contributed by atoms with Crippen LogP contribution in [0.15, 0.2) is 12.1 Å². The predicted molar refractivity (Wildman–Crippen MR) is 128 cm³/mol. The molecule has 0 unspecified atom stereocenters. The fourth-order valence-electron chi connectivity index (χ4n) is 3.58. The van der Waals surface area contributed by atoms with E-state index in [1.54, 1.807) is 6.07 Å². The molecule has 1 heterocycles. The molecule has 0 saturated carbocycles. The summed E-state index contributed by atoms with van der Waals surface area (Å²) >= 11 is 0. The molecule has 196 valence electrons. The fraction of sp³-hybridized carbons (Fsp3) is 0.440. The van der Waals surface area contributed by atoms with Gasteiger partial charge in [-0.2, -0.15) is 0 Å². The molecular weight excluding hydrogens is 474 g/mol. The van der Waals surface area contributed by atoms with Gasteiger partial charge in [0.2, 0.25) is 5.78 Å². The van der Waals surface area contributed by atoms with Gasteiger partial charge in [0.15, 0.2) is 35.5 Å². The van der Waals surface area contributed by atoms with Crippen LogP contribution in [0.2, 0.25) is 0 Å². The number of unbranched alkanes of at least 4 members (excludes halogenated alkanes) is 1. The van der Waals surface area contributed by atoms with Gasteiger partial charge in [-0.15, -0.1) is 0 Å². The highest BCUT2D eigenvalue weighted by Gasteiger charge is 2.35. The first-order chi connectivity index (χ1) is 17.3. The number of benzene rings is 1. The molecule has 1 aromatic carbocycles. The molecule has 0 saturated heterocycles. The van der Waals surface area contributed by atoms with Crippen LogP contribution in [0.1, 0.15) is 62.2 Å². The SMILES string of the molecule is CCCCc1ccc(C(=O)c2nc(C(=O)OC)c(OC)c(OC)c2C(=O)OC)c(OCOC)c1OC. The number of carbonyl (C=O) groups is 3.